The van der Waals surface area contributed by atoms with Crippen molar-refractivity contribution in [2.75, 3.05) is 12.4 Å². The Bertz CT molecular complexity index is 1340. The van der Waals surface area contributed by atoms with E-state index in [1.54, 1.807) is 24.1 Å². The molecule has 1 N–H and O–H groups in total. The van der Waals surface area contributed by atoms with E-state index in [4.69, 9.17) is 21.1 Å². The van der Waals surface area contributed by atoms with E-state index in [1.165, 1.54) is 6.08 Å². The highest BCUT2D eigenvalue weighted by Crippen LogP contribution is 2.24. The Balaban J connectivity index is 1.40. The van der Waals surface area contributed by atoms with Gasteiger partial charge in [0.15, 0.2) is 5.82 Å². The normalized spacial score (nSPS) is 10.9. The summed E-state index contributed by atoms with van der Waals surface area (Å²) >= 11 is 9.69. The van der Waals surface area contributed by atoms with Crippen LogP contribution in [0.1, 0.15) is 16.7 Å². The van der Waals surface area contributed by atoms with Gasteiger partial charge in [-0.05, 0) is 63.5 Å². The third-order valence-corrected chi connectivity index (χ3v) is 6.07. The first-order chi connectivity index (χ1) is 17.0. The fraction of sp³-hybridized carbons (Fsp3) is 0.111. The number of rotatable bonds is 9. The number of anilines is 1. The van der Waals surface area contributed by atoms with Crippen molar-refractivity contribution in [3.8, 4) is 11.5 Å². The fourth-order valence-electron chi connectivity index (χ4n) is 3.39. The molecule has 6 nitrogen and oxygen atoms in total. The predicted octanol–water partition coefficient (Wildman–Crippen LogP) is 6.59. The zero-order chi connectivity index (χ0) is 24.6. The Morgan fingerprint density at radius 2 is 1.86 bits per heavy atom. The van der Waals surface area contributed by atoms with Crippen LogP contribution in [0.4, 0.5) is 5.82 Å². The molecule has 35 heavy (non-hydrogen) atoms. The number of para-hydroxylation sites is 1. The van der Waals surface area contributed by atoms with Crippen LogP contribution in [0, 0.1) is 0 Å². The molecule has 1 aromatic heterocycles. The second-order valence-electron chi connectivity index (χ2n) is 7.61. The lowest BCUT2D eigenvalue weighted by atomic mass is 10.1. The van der Waals surface area contributed by atoms with Gasteiger partial charge in [0, 0.05) is 22.9 Å². The SMILES string of the molecule is COc1ccc(/C=C/C(=O)Nc2nn(Cc3ccccc3Cl)cc2Br)cc1COc1ccccc1. The summed E-state index contributed by atoms with van der Waals surface area (Å²) in [6.45, 7) is 0.834. The standard InChI is InChI=1S/C27H23BrClN3O3/c1-34-25-13-11-19(15-21(25)18-35-22-8-3-2-4-9-22)12-14-26(33)30-27-23(28)17-32(31-27)16-20-7-5-6-10-24(20)29/h2-15,17H,16,18H2,1H3,(H,30,31,33)/b14-12+. The van der Waals surface area contributed by atoms with Crippen LogP contribution in [0.3, 0.4) is 0 Å². The maximum Gasteiger partial charge on any atom is 0.249 e. The molecule has 4 rings (SSSR count). The van der Waals surface area contributed by atoms with Gasteiger partial charge in [0.1, 0.15) is 18.1 Å². The molecule has 0 radical (unpaired) electrons. The minimum absolute atomic E-state index is 0.299. The summed E-state index contributed by atoms with van der Waals surface area (Å²) in [5.74, 6) is 1.62. The zero-order valence-corrected chi connectivity index (χ0v) is 21.3. The topological polar surface area (TPSA) is 65.4 Å². The third kappa shape index (κ3) is 6.74. The van der Waals surface area contributed by atoms with Gasteiger partial charge in [0.25, 0.3) is 0 Å². The molecule has 0 spiro atoms. The fourth-order valence-corrected chi connectivity index (χ4v) is 4.00. The van der Waals surface area contributed by atoms with E-state index in [0.29, 0.717) is 28.5 Å². The zero-order valence-electron chi connectivity index (χ0n) is 18.9. The summed E-state index contributed by atoms with van der Waals surface area (Å²) in [5.41, 5.74) is 2.66. The summed E-state index contributed by atoms with van der Waals surface area (Å²) in [6.07, 6.45) is 4.99. The number of ether oxygens (including phenoxy) is 2. The Hall–Kier alpha value is -3.55. The molecule has 3 aromatic carbocycles. The Morgan fingerprint density at radius 1 is 1.09 bits per heavy atom. The van der Waals surface area contributed by atoms with Crippen LogP contribution in [0.2, 0.25) is 5.02 Å². The molecule has 0 saturated carbocycles. The summed E-state index contributed by atoms with van der Waals surface area (Å²) in [6, 6.07) is 22.8. The van der Waals surface area contributed by atoms with E-state index in [2.05, 4.69) is 26.3 Å². The number of halogens is 2. The quantitative estimate of drug-likeness (QED) is 0.238. The predicted molar refractivity (Wildman–Crippen MR) is 142 cm³/mol. The van der Waals surface area contributed by atoms with Gasteiger partial charge < -0.3 is 14.8 Å². The molecule has 0 atom stereocenters. The Morgan fingerprint density at radius 3 is 2.63 bits per heavy atom. The number of benzene rings is 3. The molecule has 0 aliphatic rings. The molecular weight excluding hydrogens is 530 g/mol. The largest absolute Gasteiger partial charge is 0.496 e. The van der Waals surface area contributed by atoms with Crippen molar-refractivity contribution in [2.45, 2.75) is 13.2 Å². The first-order valence-corrected chi connectivity index (χ1v) is 12.0. The smallest absolute Gasteiger partial charge is 0.249 e. The van der Waals surface area contributed by atoms with E-state index >= 15 is 0 Å². The van der Waals surface area contributed by atoms with Crippen LogP contribution < -0.4 is 14.8 Å². The van der Waals surface area contributed by atoms with Crippen LogP contribution in [0.15, 0.2) is 89.5 Å². The number of methoxy groups -OCH3 is 1. The molecular formula is C27H23BrClN3O3. The second-order valence-corrected chi connectivity index (χ2v) is 8.87. The van der Waals surface area contributed by atoms with Gasteiger partial charge in [-0.1, -0.05) is 54.1 Å². The highest BCUT2D eigenvalue weighted by atomic mass is 79.9. The summed E-state index contributed by atoms with van der Waals surface area (Å²) in [4.78, 5) is 12.5. The lowest BCUT2D eigenvalue weighted by Crippen LogP contribution is -2.10. The molecule has 178 valence electrons. The Labute approximate surface area is 217 Å². The van der Waals surface area contributed by atoms with Crippen LogP contribution in [-0.4, -0.2) is 22.8 Å². The molecule has 0 fully saturated rings. The minimum Gasteiger partial charge on any atom is -0.496 e. The van der Waals surface area contributed by atoms with Crippen LogP contribution in [-0.2, 0) is 17.9 Å². The highest BCUT2D eigenvalue weighted by molar-refractivity contribution is 9.10. The number of aromatic nitrogens is 2. The molecule has 0 unspecified atom stereocenters. The van der Waals surface area contributed by atoms with Crippen LogP contribution in [0.5, 0.6) is 11.5 Å². The van der Waals surface area contributed by atoms with Gasteiger partial charge >= 0.3 is 0 Å². The van der Waals surface area contributed by atoms with Crippen molar-refractivity contribution >= 4 is 45.3 Å². The minimum atomic E-state index is -0.299. The molecule has 1 amide bonds. The number of carbonyl (C=O) groups is 1. The van der Waals surface area contributed by atoms with E-state index in [-0.39, 0.29) is 5.91 Å². The van der Waals surface area contributed by atoms with Crippen molar-refractivity contribution in [3.05, 3.63) is 111 Å². The molecule has 8 heteroatoms. The summed E-state index contributed by atoms with van der Waals surface area (Å²) in [7, 11) is 1.62. The molecule has 0 aliphatic heterocycles. The van der Waals surface area contributed by atoms with E-state index < -0.39 is 0 Å². The molecule has 1 heterocycles. The molecule has 4 aromatic rings. The monoisotopic (exact) mass is 551 g/mol. The van der Waals surface area contributed by atoms with Gasteiger partial charge in [-0.3, -0.25) is 9.48 Å². The lowest BCUT2D eigenvalue weighted by Gasteiger charge is -2.11. The van der Waals surface area contributed by atoms with Crippen LogP contribution >= 0.6 is 27.5 Å². The maximum absolute atomic E-state index is 12.5. The summed E-state index contributed by atoms with van der Waals surface area (Å²) < 4.78 is 13.7. The number of nitrogens with one attached hydrogen (secondary N) is 1. The Kier molecular flexibility index (Phi) is 8.23. The molecule has 0 saturated heterocycles. The van der Waals surface area contributed by atoms with E-state index in [9.17, 15) is 4.79 Å². The van der Waals surface area contributed by atoms with E-state index in [1.807, 2.05) is 72.8 Å². The first kappa shape index (κ1) is 24.6. The van der Waals surface area contributed by atoms with Gasteiger partial charge in [0.05, 0.1) is 18.1 Å². The van der Waals surface area contributed by atoms with Crippen molar-refractivity contribution in [1.29, 1.82) is 0 Å². The number of hydrogen-bond acceptors (Lipinski definition) is 4. The number of hydrogen-bond donors (Lipinski definition) is 1. The number of amides is 1. The lowest BCUT2D eigenvalue weighted by molar-refractivity contribution is -0.111. The maximum atomic E-state index is 12.5. The van der Waals surface area contributed by atoms with E-state index in [0.717, 1.165) is 28.2 Å². The van der Waals surface area contributed by atoms with Gasteiger partial charge in [0.2, 0.25) is 5.91 Å². The molecule has 0 bridgehead atoms. The average Bonchev–Trinajstić information content (AvgIpc) is 3.21. The molecule has 0 aliphatic carbocycles. The highest BCUT2D eigenvalue weighted by Gasteiger charge is 2.11. The average molecular weight is 553 g/mol. The number of carbonyl (C=O) groups excluding carboxylic acids is 1. The van der Waals surface area contributed by atoms with Crippen molar-refractivity contribution in [3.63, 3.8) is 0 Å². The van der Waals surface area contributed by atoms with Gasteiger partial charge in [-0.25, -0.2) is 0 Å². The van der Waals surface area contributed by atoms with Crippen molar-refractivity contribution in [1.82, 2.24) is 9.78 Å². The van der Waals surface area contributed by atoms with Gasteiger partial charge in [-0.2, -0.15) is 5.10 Å². The van der Waals surface area contributed by atoms with Crippen LogP contribution in [0.25, 0.3) is 6.08 Å². The summed E-state index contributed by atoms with van der Waals surface area (Å²) in [5, 5.41) is 7.91. The van der Waals surface area contributed by atoms with Gasteiger partial charge in [-0.15, -0.1) is 0 Å². The third-order valence-electron chi connectivity index (χ3n) is 5.12. The number of nitrogens with zero attached hydrogens (tertiary/aromatic N) is 2. The van der Waals surface area contributed by atoms with Crippen molar-refractivity contribution < 1.29 is 14.3 Å². The van der Waals surface area contributed by atoms with Crippen molar-refractivity contribution in [2.24, 2.45) is 0 Å². The first-order valence-electron chi connectivity index (χ1n) is 10.8. The second kappa shape index (κ2) is 11.7.